The van der Waals surface area contributed by atoms with Gasteiger partial charge in [0.25, 0.3) is 11.8 Å². The number of thioether (sulfide) groups is 1. The number of rotatable bonds is 10. The van der Waals surface area contributed by atoms with Crippen molar-refractivity contribution in [2.24, 2.45) is 0 Å². The van der Waals surface area contributed by atoms with Crippen LogP contribution in [0.4, 0.5) is 5.69 Å². The largest absolute Gasteiger partial charge is 0.497 e. The van der Waals surface area contributed by atoms with Crippen LogP contribution in [-0.4, -0.2) is 30.5 Å². The molecule has 0 heterocycles. The first-order valence-electron chi connectivity index (χ1n) is 12.0. The molecule has 8 heteroatoms. The van der Waals surface area contributed by atoms with E-state index >= 15 is 0 Å². The maximum atomic E-state index is 13.3. The Morgan fingerprint density at radius 3 is 2.26 bits per heavy atom. The Bertz CT molecular complexity index is 1490. The summed E-state index contributed by atoms with van der Waals surface area (Å²) in [5.74, 6) is 0.0635. The molecule has 0 aliphatic carbocycles. The van der Waals surface area contributed by atoms with E-state index in [1.54, 1.807) is 92.0 Å². The first-order valence-corrected chi connectivity index (χ1v) is 13.7. The summed E-state index contributed by atoms with van der Waals surface area (Å²) in [5, 5.41) is 5.59. The fourth-order valence-electron chi connectivity index (χ4n) is 3.54. The minimum Gasteiger partial charge on any atom is -0.497 e. The van der Waals surface area contributed by atoms with Crippen molar-refractivity contribution >= 4 is 57.1 Å². The second-order valence-electron chi connectivity index (χ2n) is 8.35. The molecule has 196 valence electrons. The molecule has 4 rings (SSSR count). The van der Waals surface area contributed by atoms with Crippen molar-refractivity contribution in [3.05, 3.63) is 130 Å². The fourth-order valence-corrected chi connectivity index (χ4v) is 4.65. The molecular weight excluding hydrogens is 576 g/mol. The van der Waals surface area contributed by atoms with Crippen LogP contribution >= 0.6 is 27.7 Å². The average molecular weight is 602 g/mol. The van der Waals surface area contributed by atoms with Gasteiger partial charge >= 0.3 is 0 Å². The van der Waals surface area contributed by atoms with Crippen molar-refractivity contribution in [1.29, 1.82) is 0 Å². The monoisotopic (exact) mass is 600 g/mol. The lowest BCUT2D eigenvalue weighted by Gasteiger charge is -2.12. The third-order valence-corrected chi connectivity index (χ3v) is 7.11. The number of Topliss-reactive ketones (excluding diaryl/α,β-unsaturated/α-hetero) is 1. The molecule has 0 spiro atoms. The fraction of sp³-hybridized carbons (Fsp3) is 0.0645. The van der Waals surface area contributed by atoms with Crippen molar-refractivity contribution in [3.8, 4) is 5.75 Å². The Labute approximate surface area is 239 Å². The van der Waals surface area contributed by atoms with E-state index in [0.717, 1.165) is 9.37 Å². The standard InChI is InChI=1S/C31H25BrN2O4S/c1-38-26-16-10-21(11-17-26)18-28(34-30(36)23-6-3-2-4-7-23)31(37)33-25-8-5-9-27(19-25)39-20-29(35)22-12-14-24(32)15-13-22/h2-19H,20H2,1H3,(H,33,37)(H,34,36)/b28-18-. The lowest BCUT2D eigenvalue weighted by molar-refractivity contribution is -0.113. The van der Waals surface area contributed by atoms with Gasteiger partial charge in [0.1, 0.15) is 11.4 Å². The molecule has 2 N–H and O–H groups in total. The normalized spacial score (nSPS) is 11.0. The molecule has 0 aliphatic rings. The van der Waals surface area contributed by atoms with Gasteiger partial charge in [-0.3, -0.25) is 14.4 Å². The minimum atomic E-state index is -0.483. The van der Waals surface area contributed by atoms with E-state index in [9.17, 15) is 14.4 Å². The van der Waals surface area contributed by atoms with Crippen LogP contribution in [0.5, 0.6) is 5.75 Å². The number of amides is 2. The van der Waals surface area contributed by atoms with Crippen LogP contribution in [0.1, 0.15) is 26.3 Å². The molecular formula is C31H25BrN2O4S. The van der Waals surface area contributed by atoms with Crippen LogP contribution in [-0.2, 0) is 4.79 Å². The highest BCUT2D eigenvalue weighted by Gasteiger charge is 2.16. The van der Waals surface area contributed by atoms with Crippen molar-refractivity contribution in [1.82, 2.24) is 5.32 Å². The maximum Gasteiger partial charge on any atom is 0.272 e. The van der Waals surface area contributed by atoms with Crippen molar-refractivity contribution in [3.63, 3.8) is 0 Å². The summed E-state index contributed by atoms with van der Waals surface area (Å²) in [6.07, 6.45) is 1.60. The van der Waals surface area contributed by atoms with Crippen LogP contribution < -0.4 is 15.4 Å². The van der Waals surface area contributed by atoms with Crippen LogP contribution in [0.2, 0.25) is 0 Å². The summed E-state index contributed by atoms with van der Waals surface area (Å²) in [4.78, 5) is 39.5. The number of hydrogen-bond donors (Lipinski definition) is 2. The number of halogens is 1. The number of ketones is 1. The third-order valence-electron chi connectivity index (χ3n) is 5.58. The molecule has 0 saturated heterocycles. The lowest BCUT2D eigenvalue weighted by Crippen LogP contribution is -2.30. The van der Waals surface area contributed by atoms with Gasteiger partial charge in [-0.15, -0.1) is 11.8 Å². The molecule has 0 radical (unpaired) electrons. The van der Waals surface area contributed by atoms with E-state index in [4.69, 9.17) is 4.74 Å². The number of nitrogens with one attached hydrogen (secondary N) is 2. The number of hydrogen-bond acceptors (Lipinski definition) is 5. The second kappa shape index (κ2) is 13.6. The van der Waals surface area contributed by atoms with E-state index in [2.05, 4.69) is 26.6 Å². The molecule has 0 saturated carbocycles. The molecule has 0 atom stereocenters. The zero-order valence-electron chi connectivity index (χ0n) is 21.0. The molecule has 0 unspecified atom stereocenters. The molecule has 0 fully saturated rings. The lowest BCUT2D eigenvalue weighted by atomic mass is 10.1. The number of carbonyl (C=O) groups excluding carboxylic acids is 3. The molecule has 0 aromatic heterocycles. The first-order chi connectivity index (χ1) is 18.9. The van der Waals surface area contributed by atoms with Gasteiger partial charge in [0.15, 0.2) is 5.78 Å². The summed E-state index contributed by atoms with van der Waals surface area (Å²) >= 11 is 4.76. The Balaban J connectivity index is 1.49. The van der Waals surface area contributed by atoms with E-state index in [1.165, 1.54) is 11.8 Å². The van der Waals surface area contributed by atoms with Gasteiger partial charge in [0.05, 0.1) is 12.9 Å². The highest BCUT2D eigenvalue weighted by Crippen LogP contribution is 2.24. The summed E-state index contributed by atoms with van der Waals surface area (Å²) < 4.78 is 6.12. The molecule has 4 aromatic carbocycles. The summed E-state index contributed by atoms with van der Waals surface area (Å²) in [6, 6.07) is 30.3. The van der Waals surface area contributed by atoms with Crippen LogP contribution in [0.15, 0.2) is 118 Å². The van der Waals surface area contributed by atoms with Gasteiger partial charge < -0.3 is 15.4 Å². The maximum absolute atomic E-state index is 13.3. The minimum absolute atomic E-state index is 0.00951. The molecule has 6 nitrogen and oxygen atoms in total. The molecule has 4 aromatic rings. The van der Waals surface area contributed by atoms with E-state index in [1.807, 2.05) is 24.3 Å². The van der Waals surface area contributed by atoms with Crippen LogP contribution in [0, 0.1) is 0 Å². The van der Waals surface area contributed by atoms with E-state index < -0.39 is 11.8 Å². The summed E-state index contributed by atoms with van der Waals surface area (Å²) in [5.41, 5.74) is 2.40. The zero-order chi connectivity index (χ0) is 27.6. The highest BCUT2D eigenvalue weighted by atomic mass is 79.9. The molecule has 2 amide bonds. The predicted molar refractivity (Wildman–Crippen MR) is 159 cm³/mol. The Kier molecular flexibility index (Phi) is 9.72. The van der Waals surface area contributed by atoms with Gasteiger partial charge in [-0.25, -0.2) is 0 Å². The third kappa shape index (κ3) is 8.17. The summed E-state index contributed by atoms with van der Waals surface area (Å²) in [7, 11) is 1.58. The molecule has 39 heavy (non-hydrogen) atoms. The Morgan fingerprint density at radius 1 is 0.846 bits per heavy atom. The number of methoxy groups -OCH3 is 1. The SMILES string of the molecule is COc1ccc(/C=C(\NC(=O)c2ccccc2)C(=O)Nc2cccc(SCC(=O)c3ccc(Br)cc3)c2)cc1. The molecule has 0 bridgehead atoms. The Hall–Kier alpha value is -4.14. The van der Waals surface area contributed by atoms with Gasteiger partial charge in [-0.05, 0) is 66.2 Å². The second-order valence-corrected chi connectivity index (χ2v) is 10.3. The number of benzene rings is 4. The van der Waals surface area contributed by atoms with Crippen LogP contribution in [0.25, 0.3) is 6.08 Å². The van der Waals surface area contributed by atoms with Crippen molar-refractivity contribution in [2.45, 2.75) is 4.90 Å². The highest BCUT2D eigenvalue weighted by molar-refractivity contribution is 9.10. The summed E-state index contributed by atoms with van der Waals surface area (Å²) in [6.45, 7) is 0. The number of anilines is 1. The molecule has 0 aliphatic heterocycles. The number of ether oxygens (including phenoxy) is 1. The van der Waals surface area contributed by atoms with Gasteiger partial charge in [-0.2, -0.15) is 0 Å². The van der Waals surface area contributed by atoms with Gasteiger partial charge in [0.2, 0.25) is 0 Å². The van der Waals surface area contributed by atoms with Gasteiger partial charge in [-0.1, -0.05) is 64.5 Å². The van der Waals surface area contributed by atoms with Crippen molar-refractivity contribution in [2.75, 3.05) is 18.2 Å². The first kappa shape index (κ1) is 27.9. The van der Waals surface area contributed by atoms with Gasteiger partial charge in [0, 0.05) is 26.2 Å². The van der Waals surface area contributed by atoms with E-state index in [0.29, 0.717) is 28.1 Å². The Morgan fingerprint density at radius 2 is 1.56 bits per heavy atom. The zero-order valence-corrected chi connectivity index (χ0v) is 23.4. The van der Waals surface area contributed by atoms with Crippen molar-refractivity contribution < 1.29 is 19.1 Å². The quantitative estimate of drug-likeness (QED) is 0.118. The smallest absolute Gasteiger partial charge is 0.272 e. The van der Waals surface area contributed by atoms with Crippen LogP contribution in [0.3, 0.4) is 0 Å². The predicted octanol–water partition coefficient (Wildman–Crippen LogP) is 6.84. The average Bonchev–Trinajstić information content (AvgIpc) is 2.97. The topological polar surface area (TPSA) is 84.5 Å². The van der Waals surface area contributed by atoms with E-state index in [-0.39, 0.29) is 17.2 Å². The number of carbonyl (C=O) groups is 3.